The van der Waals surface area contributed by atoms with Crippen LogP contribution in [0, 0.1) is 11.6 Å². The average molecular weight is 654 g/mol. The van der Waals surface area contributed by atoms with E-state index in [0.717, 1.165) is 56.0 Å². The van der Waals surface area contributed by atoms with Crippen molar-refractivity contribution in [3.63, 3.8) is 0 Å². The minimum Gasteiger partial charge on any atom is -0.496 e. The van der Waals surface area contributed by atoms with E-state index in [1.54, 1.807) is 42.5 Å². The van der Waals surface area contributed by atoms with Crippen LogP contribution in [0.2, 0.25) is 10.0 Å². The van der Waals surface area contributed by atoms with Crippen LogP contribution < -0.4 is 9.47 Å². The zero-order chi connectivity index (χ0) is 31.9. The van der Waals surface area contributed by atoms with Gasteiger partial charge < -0.3 is 18.3 Å². The summed E-state index contributed by atoms with van der Waals surface area (Å²) in [6, 6.07) is 31.7. The van der Waals surface area contributed by atoms with E-state index < -0.39 is 11.6 Å². The van der Waals surface area contributed by atoms with E-state index in [2.05, 4.69) is 6.07 Å². The monoisotopic (exact) mass is 652 g/mol. The molecule has 0 radical (unpaired) electrons. The van der Waals surface area contributed by atoms with Crippen molar-refractivity contribution in [1.82, 2.24) is 0 Å². The second kappa shape index (κ2) is 12.0. The van der Waals surface area contributed by atoms with Gasteiger partial charge in [-0.1, -0.05) is 59.6 Å². The number of para-hydroxylation sites is 2. The lowest BCUT2D eigenvalue weighted by Crippen LogP contribution is -1.95. The molecule has 0 unspecified atom stereocenters. The molecule has 0 aliphatic heterocycles. The summed E-state index contributed by atoms with van der Waals surface area (Å²) in [6.07, 6.45) is 0. The smallest absolute Gasteiger partial charge is 0.136 e. The van der Waals surface area contributed by atoms with Crippen molar-refractivity contribution < 1.29 is 27.1 Å². The zero-order valence-corrected chi connectivity index (χ0v) is 26.0. The summed E-state index contributed by atoms with van der Waals surface area (Å²) in [5.74, 6) is -0.271. The van der Waals surface area contributed by atoms with E-state index in [1.807, 2.05) is 48.5 Å². The number of rotatable bonds is 4. The van der Waals surface area contributed by atoms with Crippen molar-refractivity contribution in [3.05, 3.63) is 131 Å². The topological polar surface area (TPSA) is 44.7 Å². The van der Waals surface area contributed by atoms with E-state index in [0.29, 0.717) is 32.7 Å². The fourth-order valence-electron chi connectivity index (χ4n) is 5.68. The number of furan rings is 2. The third-order valence-corrected chi connectivity index (χ3v) is 8.31. The Morgan fingerprint density at radius 1 is 0.457 bits per heavy atom. The Balaban J connectivity index is 0.000000149. The summed E-state index contributed by atoms with van der Waals surface area (Å²) in [5.41, 5.74) is 4.52. The van der Waals surface area contributed by atoms with Gasteiger partial charge in [0.25, 0.3) is 0 Å². The van der Waals surface area contributed by atoms with Gasteiger partial charge in [0.2, 0.25) is 0 Å². The predicted molar refractivity (Wildman–Crippen MR) is 181 cm³/mol. The van der Waals surface area contributed by atoms with Crippen LogP contribution in [0.5, 0.6) is 11.5 Å². The number of ether oxygens (including phenoxy) is 2. The molecule has 228 valence electrons. The quantitative estimate of drug-likeness (QED) is 0.190. The molecule has 8 heteroatoms. The Bertz CT molecular complexity index is 2410. The highest BCUT2D eigenvalue weighted by Gasteiger charge is 2.18. The third kappa shape index (κ3) is 5.30. The highest BCUT2D eigenvalue weighted by atomic mass is 35.5. The van der Waals surface area contributed by atoms with Crippen molar-refractivity contribution in [3.8, 4) is 33.8 Å². The summed E-state index contributed by atoms with van der Waals surface area (Å²) in [6.45, 7) is 0. The molecule has 0 saturated carbocycles. The SMILES string of the molecule is COc1ccccc1-c1cc(F)c(-c2cc(Cl)ccc2OC)cc1F.Clc1ccc2oc3cc4c(cc3c2c1)oc1ccccc14. The molecule has 0 fully saturated rings. The molecule has 8 rings (SSSR count). The lowest BCUT2D eigenvalue weighted by Gasteiger charge is -2.13. The van der Waals surface area contributed by atoms with Crippen LogP contribution in [-0.2, 0) is 0 Å². The van der Waals surface area contributed by atoms with E-state index in [1.165, 1.54) is 14.2 Å². The molecule has 0 amide bonds. The molecule has 0 bridgehead atoms. The minimum absolute atomic E-state index is 0.0792. The maximum atomic E-state index is 14.8. The Morgan fingerprint density at radius 3 is 1.70 bits per heavy atom. The van der Waals surface area contributed by atoms with Gasteiger partial charge in [-0.2, -0.15) is 0 Å². The Labute approximate surface area is 272 Å². The minimum atomic E-state index is -0.581. The van der Waals surface area contributed by atoms with E-state index in [-0.39, 0.29) is 11.1 Å². The molecule has 0 aliphatic rings. The second-order valence-electron chi connectivity index (χ2n) is 10.5. The first-order valence-electron chi connectivity index (χ1n) is 14.2. The van der Waals surface area contributed by atoms with E-state index in [4.69, 9.17) is 41.5 Å². The summed E-state index contributed by atoms with van der Waals surface area (Å²) in [5, 5.41) is 5.33. The lowest BCUT2D eigenvalue weighted by molar-refractivity contribution is 0.415. The Hall–Kier alpha value is -5.04. The van der Waals surface area contributed by atoms with Crippen LogP contribution in [0.3, 0.4) is 0 Å². The Morgan fingerprint density at radius 2 is 0.978 bits per heavy atom. The largest absolute Gasteiger partial charge is 0.496 e. The number of fused-ring (bicyclic) bond motifs is 6. The molecule has 2 heterocycles. The van der Waals surface area contributed by atoms with Crippen LogP contribution in [0.15, 0.2) is 118 Å². The Kier molecular flexibility index (Phi) is 7.77. The molecule has 2 aromatic heterocycles. The van der Waals surface area contributed by atoms with Crippen molar-refractivity contribution in [2.24, 2.45) is 0 Å². The van der Waals surface area contributed by atoms with Gasteiger partial charge in [0, 0.05) is 53.8 Å². The first-order valence-corrected chi connectivity index (χ1v) is 15.0. The molecule has 0 N–H and O–H groups in total. The summed E-state index contributed by atoms with van der Waals surface area (Å²) in [7, 11) is 2.95. The number of methoxy groups -OCH3 is 2. The van der Waals surface area contributed by atoms with Gasteiger partial charge in [-0.05, 0) is 72.8 Å². The van der Waals surface area contributed by atoms with Crippen molar-refractivity contribution >= 4 is 67.1 Å². The molecule has 0 saturated heterocycles. The van der Waals surface area contributed by atoms with Gasteiger partial charge in [-0.15, -0.1) is 0 Å². The molecular formula is C38H24Cl2F2O4. The normalized spacial score (nSPS) is 11.3. The summed E-state index contributed by atoms with van der Waals surface area (Å²) >= 11 is 12.1. The van der Waals surface area contributed by atoms with Gasteiger partial charge in [0.1, 0.15) is 45.5 Å². The molecule has 0 aliphatic carbocycles. The van der Waals surface area contributed by atoms with E-state index in [9.17, 15) is 8.78 Å². The second-order valence-corrected chi connectivity index (χ2v) is 11.4. The highest BCUT2D eigenvalue weighted by Crippen LogP contribution is 2.40. The number of halogens is 4. The molecule has 6 aromatic carbocycles. The first kappa shape index (κ1) is 29.7. The highest BCUT2D eigenvalue weighted by molar-refractivity contribution is 6.32. The summed E-state index contributed by atoms with van der Waals surface area (Å²) in [4.78, 5) is 0. The molecule has 8 aromatic rings. The standard InChI is InChI=1S/C20H15ClF2O2.C18H9ClO2/c1-24-19-6-4-3-5-13(19)14-10-18(23)15(11-17(14)22)16-9-12(21)7-8-20(16)25-2;19-10-5-6-16-12(7-10)14-9-17-13(8-18(14)21-16)11-3-1-2-4-15(11)20-17/h3-11H,1-2H3;1-9H. The number of hydrogen-bond donors (Lipinski definition) is 0. The zero-order valence-electron chi connectivity index (χ0n) is 24.5. The van der Waals surface area contributed by atoms with Crippen LogP contribution in [-0.4, -0.2) is 14.2 Å². The van der Waals surface area contributed by atoms with Crippen molar-refractivity contribution in [1.29, 1.82) is 0 Å². The fourth-order valence-corrected chi connectivity index (χ4v) is 6.03. The van der Waals surface area contributed by atoms with Gasteiger partial charge in [-0.25, -0.2) is 8.78 Å². The fraction of sp³-hybridized carbons (Fsp3) is 0.0526. The van der Waals surface area contributed by atoms with Gasteiger partial charge in [0.05, 0.1) is 14.2 Å². The summed E-state index contributed by atoms with van der Waals surface area (Å²) < 4.78 is 51.9. The predicted octanol–water partition coefficient (Wildman–Crippen LogP) is 12.1. The number of hydrogen-bond acceptors (Lipinski definition) is 4. The lowest BCUT2D eigenvalue weighted by atomic mass is 9.98. The van der Waals surface area contributed by atoms with Crippen LogP contribution >= 0.6 is 23.2 Å². The average Bonchev–Trinajstić information content (AvgIpc) is 3.61. The van der Waals surface area contributed by atoms with Crippen LogP contribution in [0.4, 0.5) is 8.78 Å². The third-order valence-electron chi connectivity index (χ3n) is 7.84. The van der Waals surface area contributed by atoms with Gasteiger partial charge in [-0.3, -0.25) is 0 Å². The molecule has 0 spiro atoms. The van der Waals surface area contributed by atoms with Crippen molar-refractivity contribution in [2.75, 3.05) is 14.2 Å². The van der Waals surface area contributed by atoms with Gasteiger partial charge in [0.15, 0.2) is 0 Å². The maximum absolute atomic E-state index is 14.8. The van der Waals surface area contributed by atoms with Crippen LogP contribution in [0.25, 0.3) is 66.1 Å². The van der Waals surface area contributed by atoms with E-state index >= 15 is 0 Å². The first-order chi connectivity index (χ1) is 22.3. The number of benzene rings is 6. The molecule has 0 atom stereocenters. The van der Waals surface area contributed by atoms with Crippen molar-refractivity contribution in [2.45, 2.75) is 0 Å². The molecule has 46 heavy (non-hydrogen) atoms. The maximum Gasteiger partial charge on any atom is 0.136 e. The van der Waals surface area contributed by atoms with Gasteiger partial charge >= 0.3 is 0 Å². The van der Waals surface area contributed by atoms with Crippen LogP contribution in [0.1, 0.15) is 0 Å². The molecule has 4 nitrogen and oxygen atoms in total. The molecular weight excluding hydrogens is 629 g/mol.